The number of aliphatic hydroxyl groups is 1. The Bertz CT molecular complexity index is 903. The smallest absolute Gasteiger partial charge is 0.262 e. The summed E-state index contributed by atoms with van der Waals surface area (Å²) in [6.07, 6.45) is 2.33. The summed E-state index contributed by atoms with van der Waals surface area (Å²) in [5, 5.41) is 17.5. The van der Waals surface area contributed by atoms with Crippen LogP contribution in [0.15, 0.2) is 29.2 Å². The van der Waals surface area contributed by atoms with Gasteiger partial charge in [-0.15, -0.1) is 0 Å². The third-order valence-electron chi connectivity index (χ3n) is 5.36. The number of aromatic nitrogens is 2. The number of aryl methyl sites for hydroxylation is 1. The number of rotatable bonds is 8. The van der Waals surface area contributed by atoms with Crippen LogP contribution in [-0.4, -0.2) is 43.5 Å². The lowest BCUT2D eigenvalue weighted by Gasteiger charge is -2.27. The summed E-state index contributed by atoms with van der Waals surface area (Å²) in [6.45, 7) is 3.91. The number of nitrogens with one attached hydrogen (secondary N) is 2. The molecule has 9 heteroatoms. The molecule has 29 heavy (non-hydrogen) atoms. The topological polar surface area (TPSA) is 114 Å². The van der Waals surface area contributed by atoms with Crippen molar-refractivity contribution in [3.63, 3.8) is 0 Å². The summed E-state index contributed by atoms with van der Waals surface area (Å²) < 4.78 is 39.3. The van der Waals surface area contributed by atoms with Crippen LogP contribution in [0.2, 0.25) is 0 Å². The second-order valence-corrected chi connectivity index (χ2v) is 9.02. The van der Waals surface area contributed by atoms with E-state index in [-0.39, 0.29) is 34.9 Å². The normalized spacial score (nSPS) is 21.1. The molecule has 8 nitrogen and oxygen atoms in total. The van der Waals surface area contributed by atoms with Crippen LogP contribution >= 0.6 is 0 Å². The summed E-state index contributed by atoms with van der Waals surface area (Å²) in [6, 6.07) is 6.60. The fourth-order valence-electron chi connectivity index (χ4n) is 3.69. The van der Waals surface area contributed by atoms with Gasteiger partial charge < -0.3 is 14.6 Å². The van der Waals surface area contributed by atoms with Gasteiger partial charge in [-0.25, -0.2) is 8.42 Å². The van der Waals surface area contributed by atoms with Crippen LogP contribution in [0.4, 0.5) is 5.69 Å². The number of hydrogen-bond acceptors (Lipinski definition) is 6. The Morgan fingerprint density at radius 1 is 1.24 bits per heavy atom. The monoisotopic (exact) mass is 423 g/mol. The maximum Gasteiger partial charge on any atom is 0.262 e. The summed E-state index contributed by atoms with van der Waals surface area (Å²) in [4.78, 5) is 0.148. The Morgan fingerprint density at radius 3 is 2.48 bits per heavy atom. The molecule has 0 aliphatic heterocycles. The third-order valence-corrected chi connectivity index (χ3v) is 6.73. The van der Waals surface area contributed by atoms with Crippen molar-refractivity contribution in [3.05, 3.63) is 41.2 Å². The molecule has 3 N–H and O–H groups in total. The van der Waals surface area contributed by atoms with E-state index >= 15 is 0 Å². The third kappa shape index (κ3) is 4.98. The molecular formula is C20H29N3O5S. The Balaban J connectivity index is 1.94. The zero-order chi connectivity index (χ0) is 21.0. The minimum Gasteiger partial charge on any atom is -0.381 e. The minimum atomic E-state index is -3.85. The number of hydrogen-bond donors (Lipinski definition) is 3. The lowest BCUT2D eigenvalue weighted by atomic mass is 9.84. The SMILES string of the molecule is CCOC(O)c1n[nH]c(C2CCC(OC)CC2)c1NS(=O)(=O)c1ccc(C)cc1. The molecule has 2 aromatic rings. The van der Waals surface area contributed by atoms with Gasteiger partial charge in [0.25, 0.3) is 10.0 Å². The molecule has 1 fully saturated rings. The lowest BCUT2D eigenvalue weighted by molar-refractivity contribution is -0.100. The van der Waals surface area contributed by atoms with E-state index in [0.717, 1.165) is 31.2 Å². The van der Waals surface area contributed by atoms with Crippen molar-refractivity contribution in [2.75, 3.05) is 18.4 Å². The van der Waals surface area contributed by atoms with Crippen LogP contribution in [0.25, 0.3) is 0 Å². The van der Waals surface area contributed by atoms with E-state index in [4.69, 9.17) is 9.47 Å². The van der Waals surface area contributed by atoms with Gasteiger partial charge in [0, 0.05) is 19.6 Å². The van der Waals surface area contributed by atoms with Gasteiger partial charge in [0.15, 0.2) is 0 Å². The summed E-state index contributed by atoms with van der Waals surface area (Å²) in [7, 11) is -2.14. The number of aliphatic hydroxyl groups excluding tert-OH is 1. The number of methoxy groups -OCH3 is 1. The fourth-order valence-corrected chi connectivity index (χ4v) is 4.78. The molecule has 0 bridgehead atoms. The number of aromatic amines is 1. The number of sulfonamides is 1. The first-order valence-electron chi connectivity index (χ1n) is 9.85. The van der Waals surface area contributed by atoms with Gasteiger partial charge in [-0.05, 0) is 51.7 Å². The van der Waals surface area contributed by atoms with Gasteiger partial charge in [-0.2, -0.15) is 5.10 Å². The molecule has 160 valence electrons. The first kappa shape index (κ1) is 21.8. The van der Waals surface area contributed by atoms with Gasteiger partial charge >= 0.3 is 0 Å². The molecule has 1 aliphatic rings. The Morgan fingerprint density at radius 2 is 1.90 bits per heavy atom. The Kier molecular flexibility index (Phi) is 6.94. The van der Waals surface area contributed by atoms with Crippen molar-refractivity contribution < 1.29 is 23.0 Å². The fraction of sp³-hybridized carbons (Fsp3) is 0.550. The quantitative estimate of drug-likeness (QED) is 0.562. The summed E-state index contributed by atoms with van der Waals surface area (Å²) in [5.41, 5.74) is 2.05. The van der Waals surface area contributed by atoms with Gasteiger partial charge in [0.1, 0.15) is 5.69 Å². The van der Waals surface area contributed by atoms with Gasteiger partial charge in [-0.3, -0.25) is 9.82 Å². The van der Waals surface area contributed by atoms with Crippen molar-refractivity contribution in [3.8, 4) is 0 Å². The molecule has 0 radical (unpaired) electrons. The van der Waals surface area contributed by atoms with E-state index in [1.807, 2.05) is 6.92 Å². The van der Waals surface area contributed by atoms with Crippen molar-refractivity contribution in [1.29, 1.82) is 0 Å². The van der Waals surface area contributed by atoms with E-state index in [1.54, 1.807) is 38.3 Å². The molecule has 3 rings (SSSR count). The van der Waals surface area contributed by atoms with Crippen LogP contribution in [-0.2, 0) is 19.5 Å². The van der Waals surface area contributed by atoms with E-state index in [9.17, 15) is 13.5 Å². The van der Waals surface area contributed by atoms with Crippen LogP contribution in [0.1, 0.15) is 61.8 Å². The van der Waals surface area contributed by atoms with E-state index in [1.165, 1.54) is 0 Å². The molecule has 0 amide bonds. The Labute approximate surface area is 171 Å². The average Bonchev–Trinajstić information content (AvgIpc) is 3.11. The molecule has 1 heterocycles. The second kappa shape index (κ2) is 9.25. The summed E-state index contributed by atoms with van der Waals surface area (Å²) in [5.74, 6) is 0.0900. The van der Waals surface area contributed by atoms with Crippen molar-refractivity contribution >= 4 is 15.7 Å². The predicted octanol–water partition coefficient (Wildman–Crippen LogP) is 3.22. The van der Waals surface area contributed by atoms with Crippen molar-refractivity contribution in [2.45, 2.75) is 62.7 Å². The number of anilines is 1. The van der Waals surface area contributed by atoms with Gasteiger partial charge in [0.2, 0.25) is 6.29 Å². The van der Waals surface area contributed by atoms with E-state index < -0.39 is 16.3 Å². The lowest BCUT2D eigenvalue weighted by Crippen LogP contribution is -2.21. The van der Waals surface area contributed by atoms with E-state index in [0.29, 0.717) is 5.69 Å². The number of H-pyrrole nitrogens is 1. The van der Waals surface area contributed by atoms with Crippen molar-refractivity contribution in [2.24, 2.45) is 0 Å². The van der Waals surface area contributed by atoms with Crippen LogP contribution in [0, 0.1) is 6.92 Å². The van der Waals surface area contributed by atoms with Crippen LogP contribution in [0.5, 0.6) is 0 Å². The highest BCUT2D eigenvalue weighted by atomic mass is 32.2. The first-order valence-corrected chi connectivity index (χ1v) is 11.3. The molecular weight excluding hydrogens is 394 g/mol. The highest BCUT2D eigenvalue weighted by molar-refractivity contribution is 7.92. The molecule has 1 atom stereocenters. The number of nitrogens with zero attached hydrogens (tertiary/aromatic N) is 1. The van der Waals surface area contributed by atoms with Crippen LogP contribution < -0.4 is 4.72 Å². The van der Waals surface area contributed by atoms with Crippen LogP contribution in [0.3, 0.4) is 0 Å². The minimum absolute atomic E-state index is 0.0900. The largest absolute Gasteiger partial charge is 0.381 e. The first-order chi connectivity index (χ1) is 13.9. The molecule has 1 aromatic heterocycles. The highest BCUT2D eigenvalue weighted by Crippen LogP contribution is 2.39. The average molecular weight is 424 g/mol. The van der Waals surface area contributed by atoms with Crippen molar-refractivity contribution in [1.82, 2.24) is 10.2 Å². The molecule has 1 aromatic carbocycles. The molecule has 0 spiro atoms. The van der Waals surface area contributed by atoms with E-state index in [2.05, 4.69) is 14.9 Å². The maximum atomic E-state index is 13.0. The standard InChI is InChI=1S/C20H29N3O5S/c1-4-28-20(24)19-18(23-29(25,26)16-11-5-13(2)6-12-16)17(21-22-19)14-7-9-15(27-3)10-8-14/h5-6,11-12,14-15,20,23-24H,4,7-10H2,1-3H3,(H,21,22). The zero-order valence-corrected chi connectivity index (χ0v) is 17.8. The number of ether oxygens (including phenoxy) is 2. The maximum absolute atomic E-state index is 13.0. The van der Waals surface area contributed by atoms with Gasteiger partial charge in [-0.1, -0.05) is 17.7 Å². The molecule has 1 aliphatic carbocycles. The second-order valence-electron chi connectivity index (χ2n) is 7.33. The zero-order valence-electron chi connectivity index (χ0n) is 17.0. The van der Waals surface area contributed by atoms with Gasteiger partial charge in [0.05, 0.1) is 22.4 Å². The number of benzene rings is 1. The highest BCUT2D eigenvalue weighted by Gasteiger charge is 2.31. The summed E-state index contributed by atoms with van der Waals surface area (Å²) >= 11 is 0. The molecule has 0 saturated heterocycles. The predicted molar refractivity (Wildman–Crippen MR) is 109 cm³/mol. The Hall–Kier alpha value is -1.94. The molecule has 1 unspecified atom stereocenters. The molecule has 1 saturated carbocycles.